The number of rotatable bonds is 7. The molecule has 0 saturated carbocycles. The van der Waals surface area contributed by atoms with Crippen LogP contribution in [0.2, 0.25) is 0 Å². The average molecular weight is 403 g/mol. The van der Waals surface area contributed by atoms with Gasteiger partial charge in [0.2, 0.25) is 5.75 Å². The predicted molar refractivity (Wildman–Crippen MR) is 97.2 cm³/mol. The maximum Gasteiger partial charge on any atom is 0.337 e. The molecule has 152 valence electrons. The molecular formula is C19H17NO9. The largest absolute Gasteiger partial charge is 0.465 e. The molecule has 0 bridgehead atoms. The smallest absolute Gasteiger partial charge is 0.337 e. The molecule has 0 aliphatic rings. The van der Waals surface area contributed by atoms with E-state index in [2.05, 4.69) is 4.74 Å². The fraction of sp³-hybridized carbons (Fsp3) is 0.211. The number of nitro groups is 1. The molecule has 10 heteroatoms. The molecule has 0 heterocycles. The van der Waals surface area contributed by atoms with Gasteiger partial charge < -0.3 is 18.9 Å². The van der Waals surface area contributed by atoms with Gasteiger partial charge >= 0.3 is 23.6 Å². The second-order valence-electron chi connectivity index (χ2n) is 5.65. The van der Waals surface area contributed by atoms with Crippen LogP contribution < -0.4 is 4.74 Å². The topological polar surface area (TPSA) is 131 Å². The molecule has 0 N–H and O–H groups in total. The van der Waals surface area contributed by atoms with Gasteiger partial charge in [-0.15, -0.1) is 0 Å². The lowest BCUT2D eigenvalue weighted by Gasteiger charge is -2.17. The van der Waals surface area contributed by atoms with E-state index in [1.807, 2.05) is 0 Å². The Bertz CT molecular complexity index is 921. The van der Waals surface area contributed by atoms with Crippen LogP contribution in [0.15, 0.2) is 42.5 Å². The van der Waals surface area contributed by atoms with Crippen LogP contribution in [0.25, 0.3) is 0 Å². The zero-order valence-electron chi connectivity index (χ0n) is 15.7. The summed E-state index contributed by atoms with van der Waals surface area (Å²) in [4.78, 5) is 44.7. The highest BCUT2D eigenvalue weighted by Crippen LogP contribution is 2.35. The lowest BCUT2D eigenvalue weighted by Crippen LogP contribution is -2.15. The Morgan fingerprint density at radius 1 is 0.966 bits per heavy atom. The second kappa shape index (κ2) is 9.31. The maximum atomic E-state index is 11.5. The van der Waals surface area contributed by atoms with E-state index >= 15 is 0 Å². The fourth-order valence-corrected chi connectivity index (χ4v) is 2.28. The van der Waals surface area contributed by atoms with E-state index in [4.69, 9.17) is 14.2 Å². The van der Waals surface area contributed by atoms with Crippen LogP contribution in [-0.2, 0) is 23.8 Å². The van der Waals surface area contributed by atoms with E-state index in [1.165, 1.54) is 43.5 Å². The minimum Gasteiger partial charge on any atom is -0.465 e. The predicted octanol–water partition coefficient (Wildman–Crippen LogP) is 3.30. The fourth-order valence-electron chi connectivity index (χ4n) is 2.28. The van der Waals surface area contributed by atoms with E-state index in [1.54, 1.807) is 0 Å². The molecule has 0 atom stereocenters. The molecule has 0 aliphatic carbocycles. The summed E-state index contributed by atoms with van der Waals surface area (Å²) in [5.41, 5.74) is -0.0744. The number of nitrogens with zero attached hydrogens (tertiary/aromatic N) is 1. The average Bonchev–Trinajstić information content (AvgIpc) is 2.67. The van der Waals surface area contributed by atoms with Crippen LogP contribution in [-0.4, -0.2) is 29.9 Å². The van der Waals surface area contributed by atoms with Gasteiger partial charge in [-0.1, -0.05) is 0 Å². The molecule has 0 fully saturated rings. The normalized spacial score (nSPS) is 10.2. The van der Waals surface area contributed by atoms with E-state index in [0.717, 1.165) is 19.9 Å². The van der Waals surface area contributed by atoms with Crippen molar-refractivity contribution in [3.63, 3.8) is 0 Å². The van der Waals surface area contributed by atoms with Crippen molar-refractivity contribution in [3.8, 4) is 11.5 Å². The lowest BCUT2D eigenvalue weighted by atomic mass is 10.1. The molecule has 0 amide bonds. The summed E-state index contributed by atoms with van der Waals surface area (Å²) >= 11 is 0. The van der Waals surface area contributed by atoms with Crippen molar-refractivity contribution < 1.29 is 38.3 Å². The van der Waals surface area contributed by atoms with Crippen LogP contribution in [0.1, 0.15) is 36.1 Å². The van der Waals surface area contributed by atoms with Crippen molar-refractivity contribution in [1.29, 1.82) is 0 Å². The van der Waals surface area contributed by atoms with Crippen LogP contribution in [0.5, 0.6) is 11.5 Å². The summed E-state index contributed by atoms with van der Waals surface area (Å²) < 4.78 is 19.9. The van der Waals surface area contributed by atoms with E-state index in [0.29, 0.717) is 0 Å². The highest BCUT2D eigenvalue weighted by Gasteiger charge is 2.24. The lowest BCUT2D eigenvalue weighted by molar-refractivity contribution is -0.385. The molecule has 2 aromatic carbocycles. The third-order valence-electron chi connectivity index (χ3n) is 3.50. The summed E-state index contributed by atoms with van der Waals surface area (Å²) in [7, 11) is 1.25. The third-order valence-corrected chi connectivity index (χ3v) is 3.50. The number of benzene rings is 2. The van der Waals surface area contributed by atoms with Crippen molar-refractivity contribution in [2.45, 2.75) is 20.1 Å². The molecule has 0 unspecified atom stereocenters. The minimum atomic E-state index is -1.43. The Kier molecular flexibility index (Phi) is 6.85. The molecule has 0 aliphatic heterocycles. The standard InChI is InChI=1S/C19H17NO9/c1-11(21)27-19(28-12(2)22)14-6-9-17(16(10-14)20(24)25)29-15-7-4-13(5-8-15)18(23)26-3/h4-10,19H,1-3H3. The molecule has 2 aromatic rings. The van der Waals surface area contributed by atoms with Crippen molar-refractivity contribution in [2.75, 3.05) is 7.11 Å². The molecule has 0 saturated heterocycles. The quantitative estimate of drug-likeness (QED) is 0.296. The number of methoxy groups -OCH3 is 1. The SMILES string of the molecule is COC(=O)c1ccc(Oc2ccc(C(OC(C)=O)OC(C)=O)cc2[N+](=O)[O-])cc1. The first kappa shape index (κ1) is 21.4. The first-order valence-electron chi connectivity index (χ1n) is 8.20. The number of carbonyl (C=O) groups excluding carboxylic acids is 3. The van der Waals surface area contributed by atoms with E-state index in [9.17, 15) is 24.5 Å². The first-order valence-corrected chi connectivity index (χ1v) is 8.20. The summed E-state index contributed by atoms with van der Waals surface area (Å²) in [6.45, 7) is 2.22. The van der Waals surface area contributed by atoms with Gasteiger partial charge in [-0.25, -0.2) is 4.79 Å². The molecule has 0 aromatic heterocycles. The first-order chi connectivity index (χ1) is 13.7. The van der Waals surface area contributed by atoms with Gasteiger partial charge in [0.25, 0.3) is 6.29 Å². The molecular weight excluding hydrogens is 386 g/mol. The molecule has 0 radical (unpaired) electrons. The van der Waals surface area contributed by atoms with Gasteiger partial charge in [-0.05, 0) is 36.4 Å². The summed E-state index contributed by atoms with van der Waals surface area (Å²) in [6.07, 6.45) is -1.43. The van der Waals surface area contributed by atoms with Crippen LogP contribution in [0.3, 0.4) is 0 Å². The number of esters is 3. The maximum absolute atomic E-state index is 11.5. The summed E-state index contributed by atoms with van der Waals surface area (Å²) in [6, 6.07) is 9.50. The Labute approximate surface area is 165 Å². The Morgan fingerprint density at radius 2 is 1.55 bits per heavy atom. The van der Waals surface area contributed by atoms with E-state index in [-0.39, 0.29) is 22.6 Å². The Balaban J connectivity index is 2.33. The summed E-state index contributed by atoms with van der Waals surface area (Å²) in [5, 5.41) is 11.5. The highest BCUT2D eigenvalue weighted by molar-refractivity contribution is 5.89. The zero-order valence-corrected chi connectivity index (χ0v) is 15.7. The summed E-state index contributed by atoms with van der Waals surface area (Å²) in [5.74, 6) is -1.86. The number of carbonyl (C=O) groups is 3. The van der Waals surface area contributed by atoms with Crippen LogP contribution >= 0.6 is 0 Å². The number of nitro benzene ring substituents is 1. The monoisotopic (exact) mass is 403 g/mol. The molecule has 2 rings (SSSR count). The van der Waals surface area contributed by atoms with Crippen LogP contribution in [0, 0.1) is 10.1 Å². The van der Waals surface area contributed by atoms with Crippen molar-refractivity contribution in [3.05, 3.63) is 63.7 Å². The number of ether oxygens (including phenoxy) is 4. The van der Waals surface area contributed by atoms with Gasteiger partial charge in [-0.3, -0.25) is 19.7 Å². The molecule has 29 heavy (non-hydrogen) atoms. The van der Waals surface area contributed by atoms with Gasteiger partial charge in [0.15, 0.2) is 0 Å². The van der Waals surface area contributed by atoms with Crippen molar-refractivity contribution in [2.24, 2.45) is 0 Å². The number of hydrogen-bond donors (Lipinski definition) is 0. The van der Waals surface area contributed by atoms with Gasteiger partial charge in [0, 0.05) is 25.5 Å². The van der Waals surface area contributed by atoms with Gasteiger partial charge in [0.05, 0.1) is 17.6 Å². The van der Waals surface area contributed by atoms with E-state index < -0.39 is 34.8 Å². The van der Waals surface area contributed by atoms with Crippen molar-refractivity contribution in [1.82, 2.24) is 0 Å². The van der Waals surface area contributed by atoms with Crippen molar-refractivity contribution >= 4 is 23.6 Å². The minimum absolute atomic E-state index is 0.0792. The Hall–Kier alpha value is -3.95. The Morgan fingerprint density at radius 3 is 2.03 bits per heavy atom. The van der Waals surface area contributed by atoms with Crippen LogP contribution in [0.4, 0.5) is 5.69 Å². The molecule has 10 nitrogen and oxygen atoms in total. The molecule has 0 spiro atoms. The third kappa shape index (κ3) is 5.76. The second-order valence-corrected chi connectivity index (χ2v) is 5.65. The van der Waals surface area contributed by atoms with Gasteiger partial charge in [-0.2, -0.15) is 0 Å². The van der Waals surface area contributed by atoms with Gasteiger partial charge in [0.1, 0.15) is 5.75 Å². The highest BCUT2D eigenvalue weighted by atomic mass is 16.7. The number of hydrogen-bond acceptors (Lipinski definition) is 9. The zero-order chi connectivity index (χ0) is 21.6.